The Morgan fingerprint density at radius 2 is 1.92 bits per heavy atom. The molecule has 3 aromatic rings. The van der Waals surface area contributed by atoms with E-state index < -0.39 is 0 Å². The zero-order chi connectivity index (χ0) is 18.0. The summed E-state index contributed by atoms with van der Waals surface area (Å²) in [4.78, 5) is 11.9. The van der Waals surface area contributed by atoms with Crippen LogP contribution in [0.2, 0.25) is 0 Å². The van der Waals surface area contributed by atoms with Gasteiger partial charge < -0.3 is 8.83 Å². The summed E-state index contributed by atoms with van der Waals surface area (Å²) in [6, 6.07) is 5.62. The van der Waals surface area contributed by atoms with Crippen LogP contribution in [0, 0.1) is 6.92 Å². The number of fused-ring (bicyclic) bond motifs is 1. The van der Waals surface area contributed by atoms with Crippen LogP contribution in [0.15, 0.2) is 37.1 Å². The number of nitrogens with zero attached hydrogens (tertiary/aromatic N) is 2. The number of benzene rings is 1. The number of thioether (sulfide) groups is 2. The van der Waals surface area contributed by atoms with Gasteiger partial charge in [-0.25, -0.2) is 4.79 Å². The molecular formula is C18H20N2O3S2. The molecule has 2 aromatic heterocycles. The first-order chi connectivity index (χ1) is 12.0. The third-order valence-corrected chi connectivity index (χ3v) is 5.31. The Kier molecular flexibility index (Phi) is 5.54. The Morgan fingerprint density at radius 1 is 1.12 bits per heavy atom. The lowest BCUT2D eigenvalue weighted by atomic mass is 9.95. The molecule has 0 radical (unpaired) electrons. The average Bonchev–Trinajstić information content (AvgIpc) is 2.99. The van der Waals surface area contributed by atoms with Gasteiger partial charge >= 0.3 is 5.63 Å². The molecule has 5 nitrogen and oxygen atoms in total. The van der Waals surface area contributed by atoms with Crippen molar-refractivity contribution < 1.29 is 8.83 Å². The minimum atomic E-state index is -0.339. The normalized spacial score (nSPS) is 11.6. The summed E-state index contributed by atoms with van der Waals surface area (Å²) in [5.74, 6) is 2.29. The van der Waals surface area contributed by atoms with Gasteiger partial charge in [-0.2, -0.15) is 11.8 Å². The van der Waals surface area contributed by atoms with Crippen molar-refractivity contribution in [3.8, 4) is 0 Å². The molecular weight excluding hydrogens is 356 g/mol. The Morgan fingerprint density at radius 3 is 2.64 bits per heavy atom. The summed E-state index contributed by atoms with van der Waals surface area (Å²) in [5, 5.41) is 9.53. The number of rotatable bonds is 6. The van der Waals surface area contributed by atoms with Crippen LogP contribution in [-0.4, -0.2) is 16.5 Å². The first-order valence-corrected chi connectivity index (χ1v) is 10.4. The van der Waals surface area contributed by atoms with Crippen molar-refractivity contribution in [3.05, 3.63) is 51.2 Å². The quantitative estimate of drug-likeness (QED) is 0.453. The summed E-state index contributed by atoms with van der Waals surface area (Å²) >= 11 is 3.06. The summed E-state index contributed by atoms with van der Waals surface area (Å²) in [6.07, 6.45) is 1.99. The van der Waals surface area contributed by atoms with Crippen LogP contribution >= 0.6 is 23.5 Å². The first kappa shape index (κ1) is 18.1. The van der Waals surface area contributed by atoms with E-state index in [1.165, 1.54) is 17.3 Å². The number of hydrogen-bond acceptors (Lipinski definition) is 7. The van der Waals surface area contributed by atoms with E-state index >= 15 is 0 Å². The topological polar surface area (TPSA) is 69.1 Å². The van der Waals surface area contributed by atoms with E-state index in [1.807, 2.05) is 19.2 Å². The Bertz CT molecular complexity index is 947. The van der Waals surface area contributed by atoms with Crippen molar-refractivity contribution >= 4 is 34.5 Å². The fraction of sp³-hybridized carbons (Fsp3) is 0.389. The molecule has 2 heterocycles. The van der Waals surface area contributed by atoms with E-state index in [-0.39, 0.29) is 5.63 Å². The SMILES string of the molecule is CSCc1nnc(SCc2cc(=O)oc3cc(C)c(C(C)C)cc23)o1. The number of hydrogen-bond donors (Lipinski definition) is 0. The lowest BCUT2D eigenvalue weighted by Gasteiger charge is -2.12. The van der Waals surface area contributed by atoms with Gasteiger partial charge in [0.05, 0.1) is 5.75 Å². The van der Waals surface area contributed by atoms with Crippen LogP contribution in [0.5, 0.6) is 0 Å². The second kappa shape index (κ2) is 7.66. The van der Waals surface area contributed by atoms with Crippen LogP contribution in [-0.2, 0) is 11.5 Å². The van der Waals surface area contributed by atoms with E-state index in [1.54, 1.807) is 17.8 Å². The summed E-state index contributed by atoms with van der Waals surface area (Å²) < 4.78 is 11.0. The fourth-order valence-corrected chi connectivity index (χ4v) is 3.89. The highest BCUT2D eigenvalue weighted by Gasteiger charge is 2.13. The van der Waals surface area contributed by atoms with Crippen molar-refractivity contribution in [2.24, 2.45) is 0 Å². The summed E-state index contributed by atoms with van der Waals surface area (Å²) in [5.41, 5.74) is 3.59. The first-order valence-electron chi connectivity index (χ1n) is 7.99. The minimum absolute atomic E-state index is 0.339. The van der Waals surface area contributed by atoms with Crippen LogP contribution in [0.1, 0.15) is 42.3 Å². The monoisotopic (exact) mass is 376 g/mol. The molecule has 0 bridgehead atoms. The second-order valence-corrected chi connectivity index (χ2v) is 7.93. The van der Waals surface area contributed by atoms with E-state index in [4.69, 9.17) is 8.83 Å². The predicted molar refractivity (Wildman–Crippen MR) is 102 cm³/mol. The maximum atomic E-state index is 11.9. The Labute approximate surface area is 154 Å². The molecule has 0 amide bonds. The maximum Gasteiger partial charge on any atom is 0.336 e. The molecule has 0 atom stereocenters. The van der Waals surface area contributed by atoms with Gasteiger partial charge in [0.15, 0.2) is 0 Å². The van der Waals surface area contributed by atoms with Crippen LogP contribution in [0.3, 0.4) is 0 Å². The lowest BCUT2D eigenvalue weighted by molar-refractivity contribution is 0.426. The standard InChI is InChI=1S/C18H20N2O3S2/c1-10(2)13-7-14-12(6-17(21)22-15(14)5-11(13)3)8-25-18-20-19-16(23-18)9-24-4/h5-7,10H,8-9H2,1-4H3. The third-order valence-electron chi connectivity index (χ3n) is 3.91. The number of aryl methyl sites for hydroxylation is 1. The molecule has 0 N–H and O–H groups in total. The van der Waals surface area contributed by atoms with Gasteiger partial charge in [0.1, 0.15) is 5.58 Å². The molecule has 0 unspecified atom stereocenters. The molecule has 0 aliphatic heterocycles. The highest BCUT2D eigenvalue weighted by Crippen LogP contribution is 2.30. The summed E-state index contributed by atoms with van der Waals surface area (Å²) in [6.45, 7) is 6.36. The smallest absolute Gasteiger partial charge is 0.336 e. The largest absolute Gasteiger partial charge is 0.423 e. The molecule has 132 valence electrons. The zero-order valence-corrected chi connectivity index (χ0v) is 16.3. The number of aromatic nitrogens is 2. The van der Waals surface area contributed by atoms with E-state index in [9.17, 15) is 4.79 Å². The molecule has 25 heavy (non-hydrogen) atoms. The molecule has 0 spiro atoms. The van der Waals surface area contributed by atoms with Crippen LogP contribution in [0.25, 0.3) is 11.0 Å². The molecule has 3 rings (SSSR count). The van der Waals surface area contributed by atoms with Gasteiger partial charge in [-0.3, -0.25) is 0 Å². The zero-order valence-electron chi connectivity index (χ0n) is 14.7. The highest BCUT2D eigenvalue weighted by atomic mass is 32.2. The van der Waals surface area contributed by atoms with Crippen molar-refractivity contribution in [2.75, 3.05) is 6.26 Å². The van der Waals surface area contributed by atoms with Crippen molar-refractivity contribution in [2.45, 2.75) is 43.4 Å². The van der Waals surface area contributed by atoms with Crippen molar-refractivity contribution in [1.82, 2.24) is 10.2 Å². The second-order valence-electron chi connectivity index (χ2n) is 6.13. The van der Waals surface area contributed by atoms with Crippen molar-refractivity contribution in [1.29, 1.82) is 0 Å². The predicted octanol–water partition coefficient (Wildman–Crippen LogP) is 4.76. The third kappa shape index (κ3) is 4.10. The average molecular weight is 377 g/mol. The van der Waals surface area contributed by atoms with Gasteiger partial charge in [0.2, 0.25) is 5.89 Å². The lowest BCUT2D eigenvalue weighted by Crippen LogP contribution is -2.02. The Balaban J connectivity index is 1.93. The Hall–Kier alpha value is -1.73. The molecule has 0 fully saturated rings. The maximum absolute atomic E-state index is 11.9. The van der Waals surface area contributed by atoms with Crippen LogP contribution < -0.4 is 5.63 Å². The van der Waals surface area contributed by atoms with E-state index in [0.717, 1.165) is 16.5 Å². The minimum Gasteiger partial charge on any atom is -0.423 e. The van der Waals surface area contributed by atoms with Gasteiger partial charge in [0.25, 0.3) is 5.22 Å². The summed E-state index contributed by atoms with van der Waals surface area (Å²) in [7, 11) is 0. The molecule has 1 aromatic carbocycles. The fourth-order valence-electron chi connectivity index (χ4n) is 2.75. The molecule has 0 aliphatic carbocycles. The highest BCUT2D eigenvalue weighted by molar-refractivity contribution is 7.98. The van der Waals surface area contributed by atoms with Gasteiger partial charge in [-0.15, -0.1) is 10.2 Å². The van der Waals surface area contributed by atoms with Crippen molar-refractivity contribution in [3.63, 3.8) is 0 Å². The van der Waals surface area contributed by atoms with E-state index in [2.05, 4.69) is 30.1 Å². The van der Waals surface area contributed by atoms with Gasteiger partial charge in [-0.1, -0.05) is 25.6 Å². The van der Waals surface area contributed by atoms with E-state index in [0.29, 0.717) is 34.1 Å². The molecule has 0 saturated heterocycles. The molecule has 0 saturated carbocycles. The van der Waals surface area contributed by atoms with Gasteiger partial charge in [0, 0.05) is 17.2 Å². The van der Waals surface area contributed by atoms with Gasteiger partial charge in [-0.05, 0) is 47.9 Å². The van der Waals surface area contributed by atoms with Crippen LogP contribution in [0.4, 0.5) is 0 Å². The molecule has 7 heteroatoms. The molecule has 0 aliphatic rings.